The molecular formula is C34H23NO. The van der Waals surface area contributed by atoms with Gasteiger partial charge >= 0.3 is 0 Å². The Balaban J connectivity index is 1.58. The van der Waals surface area contributed by atoms with Gasteiger partial charge in [-0.05, 0) is 47.3 Å². The minimum absolute atomic E-state index is 0.898. The Bertz CT molecular complexity index is 1780. The van der Waals surface area contributed by atoms with Crippen LogP contribution in [-0.2, 0) is 0 Å². The van der Waals surface area contributed by atoms with Crippen LogP contribution in [-0.4, -0.2) is 0 Å². The van der Waals surface area contributed by atoms with Crippen molar-refractivity contribution < 1.29 is 4.42 Å². The number of fused-ring (bicyclic) bond motifs is 5. The molecule has 0 spiro atoms. The average molecular weight is 462 g/mol. The summed E-state index contributed by atoms with van der Waals surface area (Å²) in [4.78, 5) is 2.33. The van der Waals surface area contributed by atoms with Gasteiger partial charge < -0.3 is 9.32 Å². The van der Waals surface area contributed by atoms with Crippen LogP contribution in [0.15, 0.2) is 144 Å². The number of nitrogens with zero attached hydrogens (tertiary/aromatic N) is 1. The molecule has 7 rings (SSSR count). The van der Waals surface area contributed by atoms with Crippen LogP contribution in [0.4, 0.5) is 17.1 Å². The van der Waals surface area contributed by atoms with Crippen molar-refractivity contribution in [3.63, 3.8) is 0 Å². The summed E-state index contributed by atoms with van der Waals surface area (Å²) in [6.07, 6.45) is 0. The molecule has 0 amide bonds. The van der Waals surface area contributed by atoms with E-state index >= 15 is 0 Å². The lowest BCUT2D eigenvalue weighted by molar-refractivity contribution is 0.670. The molecule has 0 atom stereocenters. The van der Waals surface area contributed by atoms with E-state index in [1.807, 2.05) is 6.07 Å². The van der Waals surface area contributed by atoms with Crippen molar-refractivity contribution >= 4 is 49.8 Å². The Morgan fingerprint density at radius 1 is 0.472 bits per heavy atom. The zero-order valence-corrected chi connectivity index (χ0v) is 19.6. The molecule has 2 heteroatoms. The molecule has 2 nitrogen and oxygen atoms in total. The van der Waals surface area contributed by atoms with Gasteiger partial charge in [-0.15, -0.1) is 0 Å². The first kappa shape index (κ1) is 20.5. The summed E-state index contributed by atoms with van der Waals surface area (Å²) >= 11 is 0. The molecule has 7 aromatic rings. The highest BCUT2D eigenvalue weighted by atomic mass is 16.3. The SMILES string of the molecule is c1ccc(-c2cccc3c2oc2ccc4cccc(N(c5ccccc5)c5ccccc5)c4c23)cc1. The first-order valence-corrected chi connectivity index (χ1v) is 12.2. The first-order valence-electron chi connectivity index (χ1n) is 12.2. The standard InChI is InChI=1S/C34H23NO/c1-4-12-24(13-5-1)28-19-11-20-29-33-31(36-34(28)29)23-22-25-14-10-21-30(32(25)33)35(26-15-6-2-7-16-26)27-17-8-3-9-18-27/h1-23H. The Morgan fingerprint density at radius 2 is 1.11 bits per heavy atom. The molecule has 0 aliphatic carbocycles. The average Bonchev–Trinajstić information content (AvgIpc) is 3.34. The number of rotatable bonds is 4. The summed E-state index contributed by atoms with van der Waals surface area (Å²) in [6.45, 7) is 0. The number of anilines is 3. The molecule has 170 valence electrons. The molecule has 0 N–H and O–H groups in total. The van der Waals surface area contributed by atoms with E-state index in [0.717, 1.165) is 50.1 Å². The van der Waals surface area contributed by atoms with E-state index in [-0.39, 0.29) is 0 Å². The maximum absolute atomic E-state index is 6.57. The number of para-hydroxylation sites is 3. The van der Waals surface area contributed by atoms with E-state index < -0.39 is 0 Å². The molecule has 0 unspecified atom stereocenters. The normalized spacial score (nSPS) is 11.3. The molecule has 0 bridgehead atoms. The fourth-order valence-corrected chi connectivity index (χ4v) is 5.26. The molecule has 0 aliphatic rings. The second-order valence-electron chi connectivity index (χ2n) is 8.97. The molecular weight excluding hydrogens is 438 g/mol. The van der Waals surface area contributed by atoms with Crippen LogP contribution >= 0.6 is 0 Å². The minimum atomic E-state index is 0.898. The van der Waals surface area contributed by atoms with Crippen molar-refractivity contribution in [2.75, 3.05) is 4.90 Å². The van der Waals surface area contributed by atoms with Gasteiger partial charge in [0.2, 0.25) is 0 Å². The van der Waals surface area contributed by atoms with Crippen LogP contribution in [0.5, 0.6) is 0 Å². The van der Waals surface area contributed by atoms with Crippen LogP contribution in [0.1, 0.15) is 0 Å². The van der Waals surface area contributed by atoms with E-state index in [1.165, 1.54) is 10.8 Å². The molecule has 36 heavy (non-hydrogen) atoms. The zero-order chi connectivity index (χ0) is 23.9. The van der Waals surface area contributed by atoms with Crippen molar-refractivity contribution in [3.05, 3.63) is 140 Å². The summed E-state index contributed by atoms with van der Waals surface area (Å²) in [5, 5.41) is 4.65. The number of furan rings is 1. The van der Waals surface area contributed by atoms with Crippen molar-refractivity contribution in [3.8, 4) is 11.1 Å². The number of benzene rings is 6. The molecule has 0 saturated carbocycles. The van der Waals surface area contributed by atoms with Gasteiger partial charge in [0.25, 0.3) is 0 Å². The smallest absolute Gasteiger partial charge is 0.143 e. The van der Waals surface area contributed by atoms with Crippen LogP contribution in [0.25, 0.3) is 43.8 Å². The van der Waals surface area contributed by atoms with E-state index in [4.69, 9.17) is 4.42 Å². The maximum Gasteiger partial charge on any atom is 0.143 e. The third-order valence-electron chi connectivity index (χ3n) is 6.84. The van der Waals surface area contributed by atoms with Crippen LogP contribution in [0.3, 0.4) is 0 Å². The van der Waals surface area contributed by atoms with Gasteiger partial charge in [-0.25, -0.2) is 0 Å². The Kier molecular flexibility index (Phi) is 4.82. The third-order valence-corrected chi connectivity index (χ3v) is 6.84. The summed E-state index contributed by atoms with van der Waals surface area (Å²) in [7, 11) is 0. The molecule has 0 aliphatic heterocycles. The maximum atomic E-state index is 6.57. The fraction of sp³-hybridized carbons (Fsp3) is 0. The van der Waals surface area contributed by atoms with Crippen LogP contribution in [0.2, 0.25) is 0 Å². The molecule has 1 aromatic heterocycles. The molecule has 1 heterocycles. The van der Waals surface area contributed by atoms with E-state index in [2.05, 4.69) is 138 Å². The highest BCUT2D eigenvalue weighted by molar-refractivity contribution is 6.24. The van der Waals surface area contributed by atoms with E-state index in [1.54, 1.807) is 0 Å². The Morgan fingerprint density at radius 3 is 1.81 bits per heavy atom. The zero-order valence-electron chi connectivity index (χ0n) is 19.6. The minimum Gasteiger partial charge on any atom is -0.455 e. The molecule has 0 fully saturated rings. The van der Waals surface area contributed by atoms with Gasteiger partial charge in [0.1, 0.15) is 11.2 Å². The van der Waals surface area contributed by atoms with Gasteiger partial charge in [0, 0.05) is 33.1 Å². The highest BCUT2D eigenvalue weighted by Crippen LogP contribution is 2.45. The highest BCUT2D eigenvalue weighted by Gasteiger charge is 2.20. The van der Waals surface area contributed by atoms with Crippen molar-refractivity contribution in [2.45, 2.75) is 0 Å². The quantitative estimate of drug-likeness (QED) is 0.259. The molecule has 0 saturated heterocycles. The molecule has 0 radical (unpaired) electrons. The Labute approximate surface area is 209 Å². The largest absolute Gasteiger partial charge is 0.455 e. The lowest BCUT2D eigenvalue weighted by Crippen LogP contribution is -2.10. The monoisotopic (exact) mass is 461 g/mol. The molecule has 6 aromatic carbocycles. The number of hydrogen-bond donors (Lipinski definition) is 0. The second-order valence-corrected chi connectivity index (χ2v) is 8.97. The van der Waals surface area contributed by atoms with Crippen molar-refractivity contribution in [1.29, 1.82) is 0 Å². The summed E-state index contributed by atoms with van der Waals surface area (Å²) in [5.41, 5.74) is 7.45. The lowest BCUT2D eigenvalue weighted by atomic mass is 9.98. The van der Waals surface area contributed by atoms with Gasteiger partial charge in [0.15, 0.2) is 0 Å². The third kappa shape index (κ3) is 3.27. The predicted molar refractivity (Wildman–Crippen MR) is 151 cm³/mol. The summed E-state index contributed by atoms with van der Waals surface area (Å²) < 4.78 is 6.57. The number of hydrogen-bond acceptors (Lipinski definition) is 2. The predicted octanol–water partition coefficient (Wildman–Crippen LogP) is 9.88. The van der Waals surface area contributed by atoms with Crippen LogP contribution < -0.4 is 4.90 Å². The van der Waals surface area contributed by atoms with Gasteiger partial charge in [0.05, 0.1) is 5.69 Å². The van der Waals surface area contributed by atoms with Crippen molar-refractivity contribution in [2.24, 2.45) is 0 Å². The van der Waals surface area contributed by atoms with Gasteiger partial charge in [-0.2, -0.15) is 0 Å². The summed E-state index contributed by atoms with van der Waals surface area (Å²) in [6, 6.07) is 48.8. The summed E-state index contributed by atoms with van der Waals surface area (Å²) in [5.74, 6) is 0. The van der Waals surface area contributed by atoms with E-state index in [9.17, 15) is 0 Å². The fourth-order valence-electron chi connectivity index (χ4n) is 5.26. The Hall–Kier alpha value is -4.82. The first-order chi connectivity index (χ1) is 17.9. The van der Waals surface area contributed by atoms with Crippen molar-refractivity contribution in [1.82, 2.24) is 0 Å². The second kappa shape index (κ2) is 8.44. The van der Waals surface area contributed by atoms with Gasteiger partial charge in [-0.1, -0.05) is 103 Å². The van der Waals surface area contributed by atoms with E-state index in [0.29, 0.717) is 0 Å². The van der Waals surface area contributed by atoms with Gasteiger partial charge in [-0.3, -0.25) is 0 Å². The lowest BCUT2D eigenvalue weighted by Gasteiger charge is -2.27. The topological polar surface area (TPSA) is 16.4 Å². The van der Waals surface area contributed by atoms with Crippen LogP contribution in [0, 0.1) is 0 Å².